The van der Waals surface area contributed by atoms with Gasteiger partial charge in [-0.1, -0.05) is 42.1 Å². The van der Waals surface area contributed by atoms with Crippen LogP contribution in [-0.2, 0) is 12.3 Å². The Hall–Kier alpha value is -3.19. The number of amides is 1. The average Bonchev–Trinajstić information content (AvgIpc) is 3.12. The smallest absolute Gasteiger partial charge is 0.251 e. The van der Waals surface area contributed by atoms with Crippen molar-refractivity contribution in [3.05, 3.63) is 89.4 Å². The molecule has 1 N–H and O–H groups in total. The van der Waals surface area contributed by atoms with Crippen LogP contribution in [0, 0.1) is 5.82 Å². The fraction of sp³-hybridized carbons (Fsp3) is 0.174. The van der Waals surface area contributed by atoms with Crippen molar-refractivity contribution in [1.29, 1.82) is 0 Å². The van der Waals surface area contributed by atoms with Crippen molar-refractivity contribution in [3.63, 3.8) is 0 Å². The maximum Gasteiger partial charge on any atom is 0.251 e. The Balaban J connectivity index is 1.57. The Kier molecular flexibility index (Phi) is 6.09. The van der Waals surface area contributed by atoms with Gasteiger partial charge in [-0.15, -0.1) is 0 Å². The first-order valence-electron chi connectivity index (χ1n) is 9.70. The number of nitrogens with one attached hydrogen (secondary N) is 1. The molecule has 5 nitrogen and oxygen atoms in total. The first-order chi connectivity index (χ1) is 14.7. The standard InChI is InChI=1S/C23H21FN4OS/c1-2-25-22(29)17-11-9-16(10-12-17)15-30-23-27-20-8-5-13-26-21(20)28(23)14-18-6-3-4-7-19(18)24/h3-13H,2,14-15H2,1H3,(H,25,29). The summed E-state index contributed by atoms with van der Waals surface area (Å²) < 4.78 is 16.2. The van der Waals surface area contributed by atoms with E-state index in [0.717, 1.165) is 21.9 Å². The minimum absolute atomic E-state index is 0.0746. The fourth-order valence-electron chi connectivity index (χ4n) is 3.15. The zero-order valence-electron chi connectivity index (χ0n) is 16.5. The number of hydrogen-bond donors (Lipinski definition) is 1. The molecule has 30 heavy (non-hydrogen) atoms. The average molecular weight is 421 g/mol. The Morgan fingerprint density at radius 1 is 1.10 bits per heavy atom. The molecule has 0 aliphatic rings. The molecule has 2 aromatic carbocycles. The van der Waals surface area contributed by atoms with Crippen LogP contribution >= 0.6 is 11.8 Å². The van der Waals surface area contributed by atoms with E-state index < -0.39 is 0 Å². The van der Waals surface area contributed by atoms with Gasteiger partial charge in [-0.3, -0.25) is 9.36 Å². The molecule has 7 heteroatoms. The van der Waals surface area contributed by atoms with Crippen molar-refractivity contribution in [3.8, 4) is 0 Å². The second-order valence-corrected chi connectivity index (χ2v) is 7.71. The molecule has 0 aliphatic carbocycles. The molecule has 0 fully saturated rings. The zero-order chi connectivity index (χ0) is 20.9. The second-order valence-electron chi connectivity index (χ2n) is 6.76. The molecule has 152 valence electrons. The first kappa shape index (κ1) is 20.1. The number of hydrogen-bond acceptors (Lipinski definition) is 4. The van der Waals surface area contributed by atoms with Crippen LogP contribution in [0.5, 0.6) is 0 Å². The van der Waals surface area contributed by atoms with Crippen LogP contribution in [0.15, 0.2) is 72.0 Å². The monoisotopic (exact) mass is 420 g/mol. The summed E-state index contributed by atoms with van der Waals surface area (Å²) in [5.74, 6) is 0.359. The van der Waals surface area contributed by atoms with Gasteiger partial charge in [0.05, 0.1) is 6.54 Å². The van der Waals surface area contributed by atoms with Crippen molar-refractivity contribution in [2.24, 2.45) is 0 Å². The Morgan fingerprint density at radius 3 is 2.67 bits per heavy atom. The van der Waals surface area contributed by atoms with Crippen LogP contribution in [0.4, 0.5) is 4.39 Å². The molecule has 2 aromatic heterocycles. The van der Waals surface area contributed by atoms with Crippen LogP contribution in [0.25, 0.3) is 11.2 Å². The Morgan fingerprint density at radius 2 is 1.90 bits per heavy atom. The summed E-state index contributed by atoms with van der Waals surface area (Å²) in [6, 6.07) is 18.0. The molecular weight excluding hydrogens is 399 g/mol. The third-order valence-corrected chi connectivity index (χ3v) is 5.72. The van der Waals surface area contributed by atoms with Gasteiger partial charge in [-0.25, -0.2) is 14.4 Å². The van der Waals surface area contributed by atoms with Crippen LogP contribution < -0.4 is 5.32 Å². The molecule has 0 spiro atoms. The van der Waals surface area contributed by atoms with Gasteiger partial charge >= 0.3 is 0 Å². The quantitative estimate of drug-likeness (QED) is 0.442. The van der Waals surface area contributed by atoms with Gasteiger partial charge in [-0.2, -0.15) is 0 Å². The predicted molar refractivity (Wildman–Crippen MR) is 117 cm³/mol. The van der Waals surface area contributed by atoms with E-state index in [4.69, 9.17) is 4.98 Å². The number of thioether (sulfide) groups is 1. The SMILES string of the molecule is CCNC(=O)c1ccc(CSc2nc3cccnc3n2Cc2ccccc2F)cc1. The molecule has 0 bridgehead atoms. The van der Waals surface area contributed by atoms with Crippen molar-refractivity contribution < 1.29 is 9.18 Å². The number of rotatable bonds is 7. The lowest BCUT2D eigenvalue weighted by Crippen LogP contribution is -2.22. The summed E-state index contributed by atoms with van der Waals surface area (Å²) in [5, 5.41) is 3.57. The fourth-order valence-corrected chi connectivity index (χ4v) is 4.11. The van der Waals surface area contributed by atoms with E-state index in [9.17, 15) is 9.18 Å². The highest BCUT2D eigenvalue weighted by Gasteiger charge is 2.14. The molecule has 0 saturated heterocycles. The molecule has 0 saturated carbocycles. The summed E-state index contributed by atoms with van der Waals surface area (Å²) >= 11 is 1.56. The van der Waals surface area contributed by atoms with Crippen LogP contribution in [0.3, 0.4) is 0 Å². The third-order valence-electron chi connectivity index (χ3n) is 4.68. The highest BCUT2D eigenvalue weighted by Crippen LogP contribution is 2.27. The number of fused-ring (bicyclic) bond motifs is 1. The van der Waals surface area contributed by atoms with Gasteiger partial charge in [0.1, 0.15) is 11.3 Å². The van der Waals surface area contributed by atoms with E-state index in [1.165, 1.54) is 6.07 Å². The molecule has 0 unspecified atom stereocenters. The summed E-state index contributed by atoms with van der Waals surface area (Å²) in [6.07, 6.45) is 1.72. The predicted octanol–water partition coefficient (Wildman–Crippen LogP) is 4.66. The first-order valence-corrected chi connectivity index (χ1v) is 10.7. The molecule has 1 amide bonds. The number of aromatic nitrogens is 3. The van der Waals surface area contributed by atoms with E-state index in [1.807, 2.05) is 54.0 Å². The zero-order valence-corrected chi connectivity index (χ0v) is 17.3. The van der Waals surface area contributed by atoms with Crippen molar-refractivity contribution >= 4 is 28.8 Å². The largest absolute Gasteiger partial charge is 0.352 e. The van der Waals surface area contributed by atoms with Crippen LogP contribution in [0.1, 0.15) is 28.4 Å². The molecule has 4 rings (SSSR count). The van der Waals surface area contributed by atoms with Crippen molar-refractivity contribution in [2.75, 3.05) is 6.54 Å². The number of carbonyl (C=O) groups excluding carboxylic acids is 1. The lowest BCUT2D eigenvalue weighted by molar-refractivity contribution is 0.0956. The molecule has 2 heterocycles. The highest BCUT2D eigenvalue weighted by molar-refractivity contribution is 7.98. The minimum Gasteiger partial charge on any atom is -0.352 e. The third kappa shape index (κ3) is 4.36. The second kappa shape index (κ2) is 9.09. The van der Waals surface area contributed by atoms with Gasteiger partial charge in [0, 0.05) is 29.6 Å². The summed E-state index contributed by atoms with van der Waals surface area (Å²) in [7, 11) is 0. The van der Waals surface area contributed by atoms with E-state index >= 15 is 0 Å². The van der Waals surface area contributed by atoms with Gasteiger partial charge < -0.3 is 5.32 Å². The Bertz CT molecular complexity index is 1170. The van der Waals surface area contributed by atoms with Crippen molar-refractivity contribution in [1.82, 2.24) is 19.9 Å². The van der Waals surface area contributed by atoms with Gasteiger partial charge in [-0.05, 0) is 42.8 Å². The number of carbonyl (C=O) groups is 1. The number of benzene rings is 2. The van der Waals surface area contributed by atoms with Gasteiger partial charge in [0.25, 0.3) is 5.91 Å². The van der Waals surface area contributed by atoms with E-state index in [-0.39, 0.29) is 11.7 Å². The maximum absolute atomic E-state index is 14.2. The van der Waals surface area contributed by atoms with E-state index in [1.54, 1.807) is 30.1 Å². The summed E-state index contributed by atoms with van der Waals surface area (Å²) in [5.41, 5.74) is 3.82. The van der Waals surface area contributed by atoms with E-state index in [2.05, 4.69) is 10.3 Å². The molecule has 0 atom stereocenters. The Labute approximate surface area is 178 Å². The van der Waals surface area contributed by atoms with Crippen LogP contribution in [0.2, 0.25) is 0 Å². The summed E-state index contributed by atoms with van der Waals surface area (Å²) in [4.78, 5) is 21.1. The van der Waals surface area contributed by atoms with Crippen LogP contribution in [-0.4, -0.2) is 27.0 Å². The molecule has 0 aliphatic heterocycles. The molecule has 4 aromatic rings. The lowest BCUT2D eigenvalue weighted by Gasteiger charge is -2.09. The number of pyridine rings is 1. The van der Waals surface area contributed by atoms with E-state index in [0.29, 0.717) is 30.0 Å². The summed E-state index contributed by atoms with van der Waals surface area (Å²) in [6.45, 7) is 2.85. The minimum atomic E-state index is -0.243. The highest BCUT2D eigenvalue weighted by atomic mass is 32.2. The van der Waals surface area contributed by atoms with Crippen molar-refractivity contribution in [2.45, 2.75) is 24.4 Å². The normalized spacial score (nSPS) is 11.0. The lowest BCUT2D eigenvalue weighted by atomic mass is 10.1. The number of halogens is 1. The number of imidazole rings is 1. The molecule has 0 radical (unpaired) electrons. The maximum atomic E-state index is 14.2. The topological polar surface area (TPSA) is 59.8 Å². The number of nitrogens with zero attached hydrogens (tertiary/aromatic N) is 3. The van der Waals surface area contributed by atoms with Gasteiger partial charge in [0.15, 0.2) is 10.8 Å². The molecular formula is C23H21FN4OS. The van der Waals surface area contributed by atoms with Gasteiger partial charge in [0.2, 0.25) is 0 Å².